The summed E-state index contributed by atoms with van der Waals surface area (Å²) in [4.78, 5) is 4.57. The number of fused-ring (bicyclic) bond motifs is 1. The van der Waals surface area contributed by atoms with Gasteiger partial charge in [-0.25, -0.2) is 4.98 Å². The number of hydrogen-bond donors (Lipinski definition) is 1. The maximum absolute atomic E-state index is 6.24. The van der Waals surface area contributed by atoms with Gasteiger partial charge in [0.25, 0.3) is 0 Å². The number of aromatic nitrogens is 2. The zero-order chi connectivity index (χ0) is 11.1. The molecule has 0 amide bonds. The minimum Gasteiger partial charge on any atom is -0.330 e. The van der Waals surface area contributed by atoms with E-state index in [-0.39, 0.29) is 0 Å². The minimum atomic E-state index is 0.546. The SMILES string of the molecule is NCCC1CCCc2c(Cl)nc(C3CC3)n21. The van der Waals surface area contributed by atoms with Gasteiger partial charge in [0.2, 0.25) is 0 Å². The number of rotatable bonds is 3. The molecule has 0 radical (unpaired) electrons. The van der Waals surface area contributed by atoms with E-state index in [1.54, 1.807) is 0 Å². The molecule has 1 aliphatic heterocycles. The van der Waals surface area contributed by atoms with Crippen LogP contribution in [-0.4, -0.2) is 16.1 Å². The molecule has 4 heteroatoms. The van der Waals surface area contributed by atoms with Crippen molar-refractivity contribution in [3.8, 4) is 0 Å². The third-order valence-electron chi connectivity index (χ3n) is 3.75. The highest BCUT2D eigenvalue weighted by atomic mass is 35.5. The van der Waals surface area contributed by atoms with Crippen molar-refractivity contribution >= 4 is 11.6 Å². The van der Waals surface area contributed by atoms with E-state index in [1.807, 2.05) is 0 Å². The van der Waals surface area contributed by atoms with Crippen LogP contribution >= 0.6 is 11.6 Å². The van der Waals surface area contributed by atoms with Crippen molar-refractivity contribution < 1.29 is 0 Å². The van der Waals surface area contributed by atoms with Gasteiger partial charge < -0.3 is 10.3 Å². The van der Waals surface area contributed by atoms with Gasteiger partial charge in [0.1, 0.15) is 5.82 Å². The van der Waals surface area contributed by atoms with Crippen molar-refractivity contribution in [3.63, 3.8) is 0 Å². The van der Waals surface area contributed by atoms with Crippen LogP contribution in [0.3, 0.4) is 0 Å². The molecule has 0 aromatic carbocycles. The molecule has 2 aliphatic rings. The Morgan fingerprint density at radius 3 is 2.88 bits per heavy atom. The lowest BCUT2D eigenvalue weighted by atomic mass is 10.00. The van der Waals surface area contributed by atoms with Gasteiger partial charge in [-0.3, -0.25) is 0 Å². The van der Waals surface area contributed by atoms with E-state index in [4.69, 9.17) is 17.3 Å². The molecule has 1 atom stereocenters. The largest absolute Gasteiger partial charge is 0.330 e. The Hall–Kier alpha value is -0.540. The van der Waals surface area contributed by atoms with Gasteiger partial charge in [-0.2, -0.15) is 0 Å². The molecule has 1 unspecified atom stereocenters. The number of halogens is 1. The molecule has 1 aliphatic carbocycles. The lowest BCUT2D eigenvalue weighted by Gasteiger charge is -2.27. The van der Waals surface area contributed by atoms with Crippen LogP contribution < -0.4 is 5.73 Å². The predicted octanol–water partition coefficient (Wildman–Crippen LogP) is 2.64. The maximum atomic E-state index is 6.24. The third kappa shape index (κ3) is 1.66. The highest BCUT2D eigenvalue weighted by molar-refractivity contribution is 6.30. The van der Waals surface area contributed by atoms with Crippen LogP contribution in [0, 0.1) is 0 Å². The molecule has 0 spiro atoms. The molecule has 3 rings (SSSR count). The van der Waals surface area contributed by atoms with Gasteiger partial charge in [-0.05, 0) is 45.1 Å². The molecular formula is C12H18ClN3. The summed E-state index contributed by atoms with van der Waals surface area (Å²) in [6, 6.07) is 0.546. The third-order valence-corrected chi connectivity index (χ3v) is 4.05. The lowest BCUT2D eigenvalue weighted by Crippen LogP contribution is -2.22. The fourth-order valence-electron chi connectivity index (χ4n) is 2.82. The van der Waals surface area contributed by atoms with E-state index in [0.717, 1.165) is 24.5 Å². The quantitative estimate of drug-likeness (QED) is 0.881. The van der Waals surface area contributed by atoms with Crippen molar-refractivity contribution in [1.29, 1.82) is 0 Å². The maximum Gasteiger partial charge on any atom is 0.150 e. The Morgan fingerprint density at radius 2 is 2.19 bits per heavy atom. The average Bonchev–Trinajstić information content (AvgIpc) is 3.06. The summed E-state index contributed by atoms with van der Waals surface area (Å²) in [6.45, 7) is 0.754. The van der Waals surface area contributed by atoms with Gasteiger partial charge in [-0.15, -0.1) is 0 Å². The van der Waals surface area contributed by atoms with E-state index < -0.39 is 0 Å². The van der Waals surface area contributed by atoms with Gasteiger partial charge in [0.05, 0.1) is 5.69 Å². The molecule has 16 heavy (non-hydrogen) atoms. The molecule has 0 bridgehead atoms. The van der Waals surface area contributed by atoms with E-state index in [9.17, 15) is 0 Å². The standard InChI is InChI=1S/C12H18ClN3/c13-11-10-3-1-2-9(6-7-14)16(10)12(15-11)8-4-5-8/h8-9H,1-7,14H2. The van der Waals surface area contributed by atoms with Crippen molar-refractivity contribution in [2.45, 2.75) is 50.5 Å². The number of hydrogen-bond acceptors (Lipinski definition) is 2. The van der Waals surface area contributed by atoms with Crippen LogP contribution in [0.4, 0.5) is 0 Å². The fourth-order valence-corrected chi connectivity index (χ4v) is 3.09. The zero-order valence-electron chi connectivity index (χ0n) is 9.45. The van der Waals surface area contributed by atoms with Crippen molar-refractivity contribution in [2.24, 2.45) is 5.73 Å². The number of nitrogens with two attached hydrogens (primary N) is 1. The van der Waals surface area contributed by atoms with Crippen LogP contribution in [0.1, 0.15) is 55.6 Å². The van der Waals surface area contributed by atoms with E-state index >= 15 is 0 Å². The summed E-state index contributed by atoms with van der Waals surface area (Å²) >= 11 is 6.24. The highest BCUT2D eigenvalue weighted by Gasteiger charge is 2.34. The second kappa shape index (κ2) is 4.04. The topological polar surface area (TPSA) is 43.8 Å². The summed E-state index contributed by atoms with van der Waals surface area (Å²) in [7, 11) is 0. The first-order chi connectivity index (χ1) is 7.81. The molecule has 2 N–H and O–H groups in total. The monoisotopic (exact) mass is 239 g/mol. The van der Waals surface area contributed by atoms with E-state index in [1.165, 1.54) is 37.2 Å². The van der Waals surface area contributed by atoms with E-state index in [0.29, 0.717) is 12.0 Å². The average molecular weight is 240 g/mol. The summed E-state index contributed by atoms with van der Waals surface area (Å²) in [5.41, 5.74) is 6.96. The Kier molecular flexibility index (Phi) is 2.68. The van der Waals surface area contributed by atoms with Crippen LogP contribution in [0.15, 0.2) is 0 Å². The van der Waals surface area contributed by atoms with Crippen LogP contribution in [-0.2, 0) is 6.42 Å². The zero-order valence-corrected chi connectivity index (χ0v) is 10.2. The molecule has 1 aromatic heterocycles. The Labute approximate surface area is 101 Å². The highest BCUT2D eigenvalue weighted by Crippen LogP contribution is 2.44. The van der Waals surface area contributed by atoms with Gasteiger partial charge in [-0.1, -0.05) is 11.6 Å². The van der Waals surface area contributed by atoms with Crippen LogP contribution in [0.25, 0.3) is 0 Å². The molecule has 88 valence electrons. The van der Waals surface area contributed by atoms with Gasteiger partial charge in [0.15, 0.2) is 5.15 Å². The number of nitrogens with zero attached hydrogens (tertiary/aromatic N) is 2. The van der Waals surface area contributed by atoms with Crippen molar-refractivity contribution in [3.05, 3.63) is 16.7 Å². The summed E-state index contributed by atoms with van der Waals surface area (Å²) in [6.07, 6.45) is 7.15. The first-order valence-corrected chi connectivity index (χ1v) is 6.65. The molecular weight excluding hydrogens is 222 g/mol. The second-order valence-corrected chi connectivity index (χ2v) is 5.33. The summed E-state index contributed by atoms with van der Waals surface area (Å²) in [5.74, 6) is 1.91. The van der Waals surface area contributed by atoms with Gasteiger partial charge >= 0.3 is 0 Å². The van der Waals surface area contributed by atoms with E-state index in [2.05, 4.69) is 9.55 Å². The molecule has 2 heterocycles. The Bertz CT molecular complexity index is 395. The summed E-state index contributed by atoms with van der Waals surface area (Å²) < 4.78 is 2.41. The smallest absolute Gasteiger partial charge is 0.150 e. The van der Waals surface area contributed by atoms with Crippen molar-refractivity contribution in [1.82, 2.24) is 9.55 Å². The normalized spacial score (nSPS) is 24.5. The van der Waals surface area contributed by atoms with Crippen LogP contribution in [0.5, 0.6) is 0 Å². The van der Waals surface area contributed by atoms with Gasteiger partial charge in [0, 0.05) is 12.0 Å². The number of imidazole rings is 1. The minimum absolute atomic E-state index is 0.546. The summed E-state index contributed by atoms with van der Waals surface area (Å²) in [5, 5.41) is 0.739. The second-order valence-electron chi connectivity index (χ2n) is 4.98. The lowest BCUT2D eigenvalue weighted by molar-refractivity contribution is 0.373. The fraction of sp³-hybridized carbons (Fsp3) is 0.750. The van der Waals surface area contributed by atoms with Crippen molar-refractivity contribution in [2.75, 3.05) is 6.54 Å². The first-order valence-electron chi connectivity index (χ1n) is 6.28. The van der Waals surface area contributed by atoms with Crippen LogP contribution in [0.2, 0.25) is 5.15 Å². The Morgan fingerprint density at radius 1 is 1.38 bits per heavy atom. The molecule has 1 saturated carbocycles. The molecule has 1 fully saturated rings. The Balaban J connectivity index is 2.01. The molecule has 1 aromatic rings. The first kappa shape index (κ1) is 10.6. The molecule has 3 nitrogen and oxygen atoms in total. The molecule has 0 saturated heterocycles. The predicted molar refractivity (Wildman–Crippen MR) is 64.9 cm³/mol.